The topological polar surface area (TPSA) is 117 Å². The van der Waals surface area contributed by atoms with Gasteiger partial charge in [-0.05, 0) is 29.7 Å². The third-order valence-electron chi connectivity index (χ3n) is 5.68. The molecular formula is C23H24N4O5. The number of carbonyl (C=O) groups excluding carboxylic acids is 4. The summed E-state index contributed by atoms with van der Waals surface area (Å²) >= 11 is 0. The average Bonchev–Trinajstić information content (AvgIpc) is 3.12. The van der Waals surface area contributed by atoms with Crippen molar-refractivity contribution in [3.05, 3.63) is 64.7 Å². The van der Waals surface area contributed by atoms with Crippen molar-refractivity contribution < 1.29 is 23.9 Å². The van der Waals surface area contributed by atoms with Crippen LogP contribution in [0.2, 0.25) is 0 Å². The first kappa shape index (κ1) is 21.4. The smallest absolute Gasteiger partial charge is 0.315 e. The molecular weight excluding hydrogens is 412 g/mol. The van der Waals surface area contributed by atoms with E-state index >= 15 is 0 Å². The van der Waals surface area contributed by atoms with E-state index in [0.29, 0.717) is 30.8 Å². The van der Waals surface area contributed by atoms with Crippen LogP contribution in [0.4, 0.5) is 4.79 Å². The minimum absolute atomic E-state index is 0.218. The van der Waals surface area contributed by atoms with E-state index in [9.17, 15) is 19.2 Å². The number of methoxy groups -OCH3 is 1. The highest BCUT2D eigenvalue weighted by Gasteiger charge is 2.39. The number of ether oxygens (including phenoxy) is 1. The monoisotopic (exact) mass is 436 g/mol. The molecule has 0 aliphatic carbocycles. The highest BCUT2D eigenvalue weighted by molar-refractivity contribution is 6.05. The Hall–Kier alpha value is -3.88. The predicted molar refractivity (Wildman–Crippen MR) is 115 cm³/mol. The lowest BCUT2D eigenvalue weighted by Crippen LogP contribution is -2.52. The highest BCUT2D eigenvalue weighted by atomic mass is 16.5. The fourth-order valence-electron chi connectivity index (χ4n) is 3.98. The van der Waals surface area contributed by atoms with E-state index in [-0.39, 0.29) is 30.8 Å². The SMILES string of the molecule is COc1ccccc1CNC(=O)NCc1ccc2c(c1)C(=O)N(C1CCC(=O)NC1=O)C2. The lowest BCUT2D eigenvalue weighted by atomic mass is 10.0. The molecule has 3 N–H and O–H groups in total. The molecule has 2 aliphatic rings. The van der Waals surface area contributed by atoms with Crippen LogP contribution in [-0.4, -0.2) is 41.8 Å². The predicted octanol–water partition coefficient (Wildman–Crippen LogP) is 1.46. The maximum absolute atomic E-state index is 12.9. The minimum Gasteiger partial charge on any atom is -0.496 e. The van der Waals surface area contributed by atoms with E-state index in [0.717, 1.165) is 16.7 Å². The summed E-state index contributed by atoms with van der Waals surface area (Å²) in [4.78, 5) is 50.1. The minimum atomic E-state index is -0.644. The fraction of sp³-hybridized carbons (Fsp3) is 0.304. The molecule has 0 spiro atoms. The molecule has 0 radical (unpaired) electrons. The summed E-state index contributed by atoms with van der Waals surface area (Å²) in [5.41, 5.74) is 2.98. The molecule has 1 saturated heterocycles. The van der Waals surface area contributed by atoms with E-state index in [4.69, 9.17) is 4.74 Å². The summed E-state index contributed by atoms with van der Waals surface area (Å²) in [7, 11) is 1.58. The lowest BCUT2D eigenvalue weighted by molar-refractivity contribution is -0.136. The van der Waals surface area contributed by atoms with Gasteiger partial charge < -0.3 is 20.3 Å². The number of amides is 5. The van der Waals surface area contributed by atoms with Crippen molar-refractivity contribution >= 4 is 23.8 Å². The first-order chi connectivity index (χ1) is 15.5. The number of nitrogens with one attached hydrogen (secondary N) is 3. The summed E-state index contributed by atoms with van der Waals surface area (Å²) in [6, 6.07) is 11.9. The Kier molecular flexibility index (Phi) is 6.07. The van der Waals surface area contributed by atoms with Gasteiger partial charge in [0.25, 0.3) is 5.91 Å². The summed E-state index contributed by atoms with van der Waals surface area (Å²) in [6.45, 7) is 0.893. The van der Waals surface area contributed by atoms with Crippen LogP contribution in [0, 0.1) is 0 Å². The summed E-state index contributed by atoms with van der Waals surface area (Å²) in [6.07, 6.45) is 0.543. The standard InChI is InChI=1S/C23H24N4O5/c1-32-19-5-3-2-4-15(19)12-25-23(31)24-11-14-6-7-16-13-27(22(30)17(16)10-14)18-8-9-20(28)26-21(18)29/h2-7,10,18H,8-9,11-13H2,1H3,(H2,24,25,31)(H,26,28,29). The van der Waals surface area contributed by atoms with E-state index in [1.165, 1.54) is 4.90 Å². The molecule has 9 heteroatoms. The number of urea groups is 1. The van der Waals surface area contributed by atoms with Gasteiger partial charge in [-0.1, -0.05) is 30.3 Å². The Labute approximate surface area is 185 Å². The van der Waals surface area contributed by atoms with Crippen LogP contribution in [0.5, 0.6) is 5.75 Å². The number of hydrogen-bond acceptors (Lipinski definition) is 5. The molecule has 5 amide bonds. The number of hydrogen-bond donors (Lipinski definition) is 3. The van der Waals surface area contributed by atoms with Crippen LogP contribution in [-0.2, 0) is 29.2 Å². The van der Waals surface area contributed by atoms with Gasteiger partial charge in [-0.2, -0.15) is 0 Å². The zero-order chi connectivity index (χ0) is 22.7. The molecule has 2 aromatic carbocycles. The van der Waals surface area contributed by atoms with Crippen LogP contribution < -0.4 is 20.7 Å². The first-order valence-corrected chi connectivity index (χ1v) is 10.4. The third-order valence-corrected chi connectivity index (χ3v) is 5.68. The quantitative estimate of drug-likeness (QED) is 0.593. The molecule has 2 aliphatic heterocycles. The van der Waals surface area contributed by atoms with Crippen LogP contribution in [0.1, 0.15) is 39.9 Å². The summed E-state index contributed by atoms with van der Waals surface area (Å²) < 4.78 is 5.27. The first-order valence-electron chi connectivity index (χ1n) is 10.4. The number of benzene rings is 2. The summed E-state index contributed by atoms with van der Waals surface area (Å²) in [5, 5.41) is 7.86. The van der Waals surface area contributed by atoms with Gasteiger partial charge in [0.15, 0.2) is 0 Å². The summed E-state index contributed by atoms with van der Waals surface area (Å²) in [5.74, 6) is -0.286. The number of para-hydroxylation sites is 1. The van der Waals surface area contributed by atoms with Crippen LogP contribution >= 0.6 is 0 Å². The molecule has 4 rings (SSSR count). The van der Waals surface area contributed by atoms with Gasteiger partial charge in [-0.25, -0.2) is 4.79 Å². The molecule has 1 unspecified atom stereocenters. The van der Waals surface area contributed by atoms with E-state index < -0.39 is 11.9 Å². The Balaban J connectivity index is 1.34. The average molecular weight is 436 g/mol. The largest absolute Gasteiger partial charge is 0.496 e. The molecule has 2 aromatic rings. The second kappa shape index (κ2) is 9.09. The maximum Gasteiger partial charge on any atom is 0.315 e. The molecule has 1 atom stereocenters. The van der Waals surface area contributed by atoms with Crippen LogP contribution in [0.3, 0.4) is 0 Å². The molecule has 9 nitrogen and oxygen atoms in total. The number of rotatable bonds is 6. The molecule has 0 saturated carbocycles. The number of nitrogens with zero attached hydrogens (tertiary/aromatic N) is 1. The van der Waals surface area contributed by atoms with Crippen LogP contribution in [0.15, 0.2) is 42.5 Å². The van der Waals surface area contributed by atoms with Crippen molar-refractivity contribution in [3.63, 3.8) is 0 Å². The third kappa shape index (κ3) is 4.41. The maximum atomic E-state index is 12.9. The Morgan fingerprint density at radius 1 is 1.12 bits per heavy atom. The van der Waals surface area contributed by atoms with Crippen LogP contribution in [0.25, 0.3) is 0 Å². The fourth-order valence-corrected chi connectivity index (χ4v) is 3.98. The van der Waals surface area contributed by atoms with Crippen molar-refractivity contribution in [2.45, 2.75) is 38.5 Å². The van der Waals surface area contributed by atoms with Gasteiger partial charge in [-0.15, -0.1) is 0 Å². The molecule has 2 heterocycles. The van der Waals surface area contributed by atoms with Gasteiger partial charge in [0.05, 0.1) is 7.11 Å². The van der Waals surface area contributed by atoms with Crippen molar-refractivity contribution in [1.29, 1.82) is 0 Å². The van der Waals surface area contributed by atoms with Gasteiger partial charge in [0.2, 0.25) is 11.8 Å². The highest BCUT2D eigenvalue weighted by Crippen LogP contribution is 2.28. The molecule has 0 bridgehead atoms. The van der Waals surface area contributed by atoms with E-state index in [1.807, 2.05) is 36.4 Å². The van der Waals surface area contributed by atoms with Gasteiger partial charge >= 0.3 is 6.03 Å². The Morgan fingerprint density at radius 2 is 1.91 bits per heavy atom. The van der Waals surface area contributed by atoms with Gasteiger partial charge in [-0.3, -0.25) is 19.7 Å². The number of piperidine rings is 1. The van der Waals surface area contributed by atoms with Gasteiger partial charge in [0, 0.05) is 37.2 Å². The van der Waals surface area contributed by atoms with Crippen molar-refractivity contribution in [1.82, 2.24) is 20.9 Å². The normalized spacial score (nSPS) is 17.6. The Morgan fingerprint density at radius 3 is 2.69 bits per heavy atom. The molecule has 166 valence electrons. The lowest BCUT2D eigenvalue weighted by Gasteiger charge is -2.29. The van der Waals surface area contributed by atoms with Crippen molar-refractivity contribution in [3.8, 4) is 5.75 Å². The zero-order valence-electron chi connectivity index (χ0n) is 17.6. The molecule has 1 fully saturated rings. The number of imide groups is 1. The van der Waals surface area contributed by atoms with Gasteiger partial charge in [0.1, 0.15) is 11.8 Å². The van der Waals surface area contributed by atoms with Crippen molar-refractivity contribution in [2.24, 2.45) is 0 Å². The molecule has 0 aromatic heterocycles. The van der Waals surface area contributed by atoms with Crippen molar-refractivity contribution in [2.75, 3.05) is 7.11 Å². The van der Waals surface area contributed by atoms with E-state index in [2.05, 4.69) is 16.0 Å². The second-order valence-corrected chi connectivity index (χ2v) is 7.74. The number of carbonyl (C=O) groups is 4. The van der Waals surface area contributed by atoms with E-state index in [1.54, 1.807) is 13.2 Å². The Bertz CT molecular complexity index is 1080. The second-order valence-electron chi connectivity index (χ2n) is 7.74. The molecule has 32 heavy (non-hydrogen) atoms. The zero-order valence-corrected chi connectivity index (χ0v) is 17.6. The number of fused-ring (bicyclic) bond motifs is 1.